The number of rotatable bonds is 7. The van der Waals surface area contributed by atoms with Crippen molar-refractivity contribution in [3.8, 4) is 0 Å². The summed E-state index contributed by atoms with van der Waals surface area (Å²) in [5.41, 5.74) is 3.15. The van der Waals surface area contributed by atoms with Gasteiger partial charge >= 0.3 is 0 Å². The molecule has 5 heteroatoms. The van der Waals surface area contributed by atoms with Crippen LogP contribution in [-0.4, -0.2) is 36.7 Å². The molecule has 0 aromatic heterocycles. The molecule has 0 spiro atoms. The number of hydrogen-bond donors (Lipinski definition) is 2. The van der Waals surface area contributed by atoms with Gasteiger partial charge in [-0.3, -0.25) is 9.69 Å². The van der Waals surface area contributed by atoms with Crippen molar-refractivity contribution in [1.82, 2.24) is 4.90 Å². The average Bonchev–Trinajstić information content (AvgIpc) is 2.96. The molecular formula is C22H29N3OS. The van der Waals surface area contributed by atoms with Gasteiger partial charge in [-0.05, 0) is 74.1 Å². The van der Waals surface area contributed by atoms with Crippen molar-refractivity contribution >= 4 is 29.0 Å². The average molecular weight is 384 g/mol. The Kier molecular flexibility index (Phi) is 7.60. The Balaban J connectivity index is 1.45. The second-order valence-electron chi connectivity index (χ2n) is 7.02. The van der Waals surface area contributed by atoms with Gasteiger partial charge in [-0.25, -0.2) is 0 Å². The molecule has 1 saturated heterocycles. The van der Waals surface area contributed by atoms with Gasteiger partial charge in [-0.15, -0.1) is 11.8 Å². The molecular weight excluding hydrogens is 354 g/mol. The Labute approximate surface area is 166 Å². The molecule has 2 aromatic carbocycles. The molecule has 0 atom stereocenters. The first-order valence-electron chi connectivity index (χ1n) is 9.72. The molecule has 0 radical (unpaired) electrons. The van der Waals surface area contributed by atoms with E-state index < -0.39 is 0 Å². The Morgan fingerprint density at radius 3 is 2.19 bits per heavy atom. The molecule has 1 heterocycles. The highest BCUT2D eigenvalue weighted by molar-refractivity contribution is 7.98. The van der Waals surface area contributed by atoms with Gasteiger partial charge < -0.3 is 10.6 Å². The zero-order chi connectivity index (χ0) is 18.9. The van der Waals surface area contributed by atoms with Crippen molar-refractivity contribution < 1.29 is 4.79 Å². The fraction of sp³-hybridized carbons (Fsp3) is 0.409. The van der Waals surface area contributed by atoms with Crippen LogP contribution in [0.15, 0.2) is 53.4 Å². The van der Waals surface area contributed by atoms with E-state index in [9.17, 15) is 4.79 Å². The third-order valence-electron chi connectivity index (χ3n) is 4.89. The van der Waals surface area contributed by atoms with E-state index in [-0.39, 0.29) is 5.91 Å². The lowest BCUT2D eigenvalue weighted by Gasteiger charge is -2.19. The van der Waals surface area contributed by atoms with Crippen molar-refractivity contribution in [1.29, 1.82) is 0 Å². The van der Waals surface area contributed by atoms with Gasteiger partial charge in [0.2, 0.25) is 5.91 Å². The third-order valence-corrected chi connectivity index (χ3v) is 5.63. The Morgan fingerprint density at radius 2 is 1.56 bits per heavy atom. The van der Waals surface area contributed by atoms with Crippen LogP contribution in [0.5, 0.6) is 0 Å². The lowest BCUT2D eigenvalue weighted by Crippen LogP contribution is -2.33. The second kappa shape index (κ2) is 10.4. The van der Waals surface area contributed by atoms with E-state index in [0.29, 0.717) is 6.54 Å². The molecule has 3 rings (SSSR count). The number of likely N-dealkylation sites (tertiary alicyclic amines) is 1. The number of anilines is 2. The topological polar surface area (TPSA) is 44.4 Å². The van der Waals surface area contributed by atoms with E-state index in [1.165, 1.54) is 36.1 Å². The van der Waals surface area contributed by atoms with Crippen LogP contribution < -0.4 is 10.6 Å². The Hall–Kier alpha value is -1.98. The molecule has 0 aliphatic carbocycles. The van der Waals surface area contributed by atoms with Crippen LogP contribution in [0.3, 0.4) is 0 Å². The molecule has 0 unspecified atom stereocenters. The van der Waals surface area contributed by atoms with Crippen molar-refractivity contribution in [2.45, 2.75) is 37.1 Å². The van der Waals surface area contributed by atoms with Gasteiger partial charge in [-0.2, -0.15) is 0 Å². The summed E-state index contributed by atoms with van der Waals surface area (Å²) < 4.78 is 0. The zero-order valence-electron chi connectivity index (χ0n) is 16.0. The number of amides is 1. The smallest absolute Gasteiger partial charge is 0.238 e. The highest BCUT2D eigenvalue weighted by atomic mass is 32.2. The largest absolute Gasteiger partial charge is 0.381 e. The highest BCUT2D eigenvalue weighted by Gasteiger charge is 2.13. The maximum Gasteiger partial charge on any atom is 0.238 e. The number of carbonyl (C=O) groups is 1. The standard InChI is InChI=1S/C22H29N3OS/c1-27-21-12-6-18(7-13-21)16-23-19-8-10-20(11-9-19)24-22(26)17-25-14-4-2-3-5-15-25/h6-13,23H,2-5,14-17H2,1H3,(H,24,26). The molecule has 1 fully saturated rings. The molecule has 2 N–H and O–H groups in total. The van der Waals surface area contributed by atoms with Crippen LogP contribution in [0.25, 0.3) is 0 Å². The van der Waals surface area contributed by atoms with Gasteiger partial charge in [0.25, 0.3) is 0 Å². The number of carbonyl (C=O) groups excluding carboxylic acids is 1. The summed E-state index contributed by atoms with van der Waals surface area (Å²) in [5, 5.41) is 6.44. The van der Waals surface area contributed by atoms with Crippen LogP contribution >= 0.6 is 11.8 Å². The molecule has 144 valence electrons. The number of thioether (sulfide) groups is 1. The van der Waals surface area contributed by atoms with E-state index in [1.807, 2.05) is 24.3 Å². The van der Waals surface area contributed by atoms with E-state index in [4.69, 9.17) is 0 Å². The first kappa shape index (κ1) is 19.8. The van der Waals surface area contributed by atoms with E-state index >= 15 is 0 Å². The maximum atomic E-state index is 12.3. The van der Waals surface area contributed by atoms with Gasteiger partial charge in [0, 0.05) is 22.8 Å². The predicted molar refractivity (Wildman–Crippen MR) is 116 cm³/mol. The van der Waals surface area contributed by atoms with Crippen molar-refractivity contribution in [3.63, 3.8) is 0 Å². The summed E-state index contributed by atoms with van der Waals surface area (Å²) in [6.45, 7) is 3.35. The summed E-state index contributed by atoms with van der Waals surface area (Å²) >= 11 is 1.75. The van der Waals surface area contributed by atoms with Crippen LogP contribution in [0, 0.1) is 0 Å². The number of nitrogens with one attached hydrogen (secondary N) is 2. The zero-order valence-corrected chi connectivity index (χ0v) is 16.9. The minimum Gasteiger partial charge on any atom is -0.381 e. The molecule has 1 amide bonds. The van der Waals surface area contributed by atoms with E-state index in [2.05, 4.69) is 46.1 Å². The van der Waals surface area contributed by atoms with Crippen LogP contribution in [0.2, 0.25) is 0 Å². The third kappa shape index (κ3) is 6.60. The van der Waals surface area contributed by atoms with Crippen molar-refractivity contribution in [3.05, 3.63) is 54.1 Å². The lowest BCUT2D eigenvalue weighted by molar-refractivity contribution is -0.117. The summed E-state index contributed by atoms with van der Waals surface area (Å²) in [7, 11) is 0. The molecule has 2 aromatic rings. The molecule has 1 aliphatic rings. The fourth-order valence-corrected chi connectivity index (χ4v) is 3.73. The molecule has 0 saturated carbocycles. The van der Waals surface area contributed by atoms with Crippen molar-refractivity contribution in [2.24, 2.45) is 0 Å². The fourth-order valence-electron chi connectivity index (χ4n) is 3.32. The number of benzene rings is 2. The lowest BCUT2D eigenvalue weighted by atomic mass is 10.2. The minimum atomic E-state index is 0.0755. The molecule has 4 nitrogen and oxygen atoms in total. The Bertz CT molecular complexity index is 707. The highest BCUT2D eigenvalue weighted by Crippen LogP contribution is 2.17. The van der Waals surface area contributed by atoms with Gasteiger partial charge in [-0.1, -0.05) is 25.0 Å². The second-order valence-corrected chi connectivity index (χ2v) is 7.90. The van der Waals surface area contributed by atoms with Crippen molar-refractivity contribution in [2.75, 3.05) is 36.5 Å². The summed E-state index contributed by atoms with van der Waals surface area (Å²) in [4.78, 5) is 15.8. The van der Waals surface area contributed by atoms with E-state index in [1.54, 1.807) is 11.8 Å². The van der Waals surface area contributed by atoms with Gasteiger partial charge in [0.1, 0.15) is 0 Å². The maximum absolute atomic E-state index is 12.3. The quantitative estimate of drug-likeness (QED) is 0.672. The minimum absolute atomic E-state index is 0.0755. The van der Waals surface area contributed by atoms with Crippen LogP contribution in [-0.2, 0) is 11.3 Å². The summed E-state index contributed by atoms with van der Waals surface area (Å²) in [6.07, 6.45) is 7.06. The molecule has 27 heavy (non-hydrogen) atoms. The predicted octanol–water partition coefficient (Wildman–Crippen LogP) is 4.84. The van der Waals surface area contributed by atoms with E-state index in [0.717, 1.165) is 31.0 Å². The van der Waals surface area contributed by atoms with Crippen LogP contribution in [0.4, 0.5) is 11.4 Å². The number of nitrogens with zero attached hydrogens (tertiary/aromatic N) is 1. The number of hydrogen-bond acceptors (Lipinski definition) is 4. The molecule has 0 bridgehead atoms. The normalized spacial score (nSPS) is 15.1. The molecule has 1 aliphatic heterocycles. The monoisotopic (exact) mass is 383 g/mol. The van der Waals surface area contributed by atoms with Crippen LogP contribution in [0.1, 0.15) is 31.2 Å². The van der Waals surface area contributed by atoms with Gasteiger partial charge in [0.15, 0.2) is 0 Å². The Morgan fingerprint density at radius 1 is 0.926 bits per heavy atom. The van der Waals surface area contributed by atoms with Gasteiger partial charge in [0.05, 0.1) is 6.54 Å². The summed E-state index contributed by atoms with van der Waals surface area (Å²) in [6, 6.07) is 16.5. The first-order chi connectivity index (χ1) is 13.2. The first-order valence-corrected chi connectivity index (χ1v) is 10.9. The summed E-state index contributed by atoms with van der Waals surface area (Å²) in [5.74, 6) is 0.0755. The SMILES string of the molecule is CSc1ccc(CNc2ccc(NC(=O)CN3CCCCCC3)cc2)cc1.